The molecule has 4 rings (SSSR count). The van der Waals surface area contributed by atoms with Gasteiger partial charge in [-0.05, 0) is 47.6 Å². The molecule has 0 spiro atoms. The summed E-state index contributed by atoms with van der Waals surface area (Å²) >= 11 is 0. The zero-order chi connectivity index (χ0) is 27.3. The van der Waals surface area contributed by atoms with Crippen LogP contribution in [0.25, 0.3) is 11.1 Å². The Kier molecular flexibility index (Phi) is 8.15. The van der Waals surface area contributed by atoms with Crippen LogP contribution in [0.1, 0.15) is 50.3 Å². The maximum Gasteiger partial charge on any atom is 0.407 e. The van der Waals surface area contributed by atoms with Crippen LogP contribution in [-0.2, 0) is 25.7 Å². The van der Waals surface area contributed by atoms with E-state index < -0.39 is 29.6 Å². The van der Waals surface area contributed by atoms with Crippen LogP contribution in [0, 0.1) is 5.92 Å². The molecule has 2 amide bonds. The first-order valence-corrected chi connectivity index (χ1v) is 12.8. The summed E-state index contributed by atoms with van der Waals surface area (Å²) in [6.07, 6.45) is -0.690. The molecule has 7 nitrogen and oxygen atoms in total. The van der Waals surface area contributed by atoms with Crippen LogP contribution in [-0.4, -0.2) is 36.2 Å². The van der Waals surface area contributed by atoms with Gasteiger partial charge in [0.2, 0.25) is 5.91 Å². The molecular weight excluding hydrogens is 480 g/mol. The summed E-state index contributed by atoms with van der Waals surface area (Å²) in [7, 11) is 0. The molecule has 1 atom stereocenters. The minimum Gasteiger partial charge on any atom is -0.459 e. The Hall–Kier alpha value is -4.13. The quantitative estimate of drug-likeness (QED) is 0.384. The number of carbonyl (C=O) groups excluding carboxylic acids is 3. The van der Waals surface area contributed by atoms with E-state index in [2.05, 4.69) is 22.8 Å². The van der Waals surface area contributed by atoms with Gasteiger partial charge in [-0.1, -0.05) is 92.7 Å². The summed E-state index contributed by atoms with van der Waals surface area (Å²) in [4.78, 5) is 38.6. The third kappa shape index (κ3) is 6.05. The molecule has 0 saturated heterocycles. The molecule has 0 aliphatic heterocycles. The maximum atomic E-state index is 13.1. The van der Waals surface area contributed by atoms with Crippen LogP contribution < -0.4 is 10.6 Å². The van der Waals surface area contributed by atoms with Crippen molar-refractivity contribution in [3.63, 3.8) is 0 Å². The Labute approximate surface area is 223 Å². The van der Waals surface area contributed by atoms with Crippen LogP contribution in [0.5, 0.6) is 0 Å². The van der Waals surface area contributed by atoms with Crippen molar-refractivity contribution in [1.82, 2.24) is 10.6 Å². The van der Waals surface area contributed by atoms with E-state index in [0.717, 1.165) is 27.8 Å². The van der Waals surface area contributed by atoms with Crippen molar-refractivity contribution in [3.8, 4) is 11.1 Å². The Morgan fingerprint density at radius 2 is 1.37 bits per heavy atom. The van der Waals surface area contributed by atoms with E-state index in [0.29, 0.717) is 0 Å². The zero-order valence-corrected chi connectivity index (χ0v) is 22.2. The number of rotatable bonds is 9. The SMILES string of the molecule is CC(C)[C@H](NC(=O)OCC1c2ccccc2-c2ccccc21)C(=O)NC(C)(C)C(=O)OCc1ccccc1. The third-order valence-electron chi connectivity index (χ3n) is 6.72. The Bertz CT molecular complexity index is 1260. The van der Waals surface area contributed by atoms with Gasteiger partial charge in [-0.15, -0.1) is 0 Å². The van der Waals surface area contributed by atoms with Crippen LogP contribution >= 0.6 is 0 Å². The van der Waals surface area contributed by atoms with Crippen molar-refractivity contribution in [2.45, 2.75) is 51.8 Å². The summed E-state index contributed by atoms with van der Waals surface area (Å²) < 4.78 is 11.0. The highest BCUT2D eigenvalue weighted by Gasteiger charge is 2.36. The smallest absolute Gasteiger partial charge is 0.407 e. The number of nitrogens with one attached hydrogen (secondary N) is 2. The predicted octanol–water partition coefficient (Wildman–Crippen LogP) is 5.19. The first-order chi connectivity index (χ1) is 18.2. The number of hydrogen-bond acceptors (Lipinski definition) is 5. The van der Waals surface area contributed by atoms with Gasteiger partial charge < -0.3 is 20.1 Å². The molecule has 3 aromatic rings. The van der Waals surface area contributed by atoms with Gasteiger partial charge in [-0.2, -0.15) is 0 Å². The van der Waals surface area contributed by atoms with Gasteiger partial charge in [0.1, 0.15) is 24.8 Å². The lowest BCUT2D eigenvalue weighted by atomic mass is 9.98. The Balaban J connectivity index is 1.35. The number of amides is 2. The number of hydrogen-bond donors (Lipinski definition) is 2. The molecule has 7 heteroatoms. The molecule has 198 valence electrons. The highest BCUT2D eigenvalue weighted by atomic mass is 16.5. The van der Waals surface area contributed by atoms with Crippen molar-refractivity contribution in [2.75, 3.05) is 6.61 Å². The van der Waals surface area contributed by atoms with Crippen molar-refractivity contribution in [3.05, 3.63) is 95.6 Å². The average Bonchev–Trinajstić information content (AvgIpc) is 3.23. The van der Waals surface area contributed by atoms with Gasteiger partial charge in [-0.3, -0.25) is 4.79 Å². The minimum atomic E-state index is -1.29. The number of esters is 1. The summed E-state index contributed by atoms with van der Waals surface area (Å²) in [5, 5.41) is 5.40. The van der Waals surface area contributed by atoms with E-state index >= 15 is 0 Å². The molecule has 0 unspecified atom stereocenters. The molecular formula is C31H34N2O5. The highest BCUT2D eigenvalue weighted by Crippen LogP contribution is 2.44. The molecule has 0 saturated carbocycles. The minimum absolute atomic E-state index is 0.0854. The number of alkyl carbamates (subject to hydrolysis) is 1. The second kappa shape index (κ2) is 11.5. The molecule has 0 bridgehead atoms. The van der Waals surface area contributed by atoms with E-state index in [4.69, 9.17) is 9.47 Å². The van der Waals surface area contributed by atoms with Crippen LogP contribution in [0.3, 0.4) is 0 Å². The second-order valence-electron chi connectivity index (χ2n) is 10.4. The van der Waals surface area contributed by atoms with Crippen molar-refractivity contribution in [1.29, 1.82) is 0 Å². The molecule has 0 heterocycles. The second-order valence-corrected chi connectivity index (χ2v) is 10.4. The number of carbonyl (C=O) groups is 3. The fourth-order valence-corrected chi connectivity index (χ4v) is 4.64. The molecule has 0 aromatic heterocycles. The molecule has 3 aromatic carbocycles. The number of benzene rings is 3. The fourth-order valence-electron chi connectivity index (χ4n) is 4.64. The third-order valence-corrected chi connectivity index (χ3v) is 6.72. The first-order valence-electron chi connectivity index (χ1n) is 12.8. The van der Waals surface area contributed by atoms with Crippen molar-refractivity contribution >= 4 is 18.0 Å². The van der Waals surface area contributed by atoms with Gasteiger partial charge in [0.15, 0.2) is 0 Å². The molecule has 1 aliphatic carbocycles. The highest BCUT2D eigenvalue weighted by molar-refractivity contribution is 5.91. The van der Waals surface area contributed by atoms with Gasteiger partial charge in [0, 0.05) is 5.92 Å². The molecule has 1 aliphatic rings. The maximum absolute atomic E-state index is 13.1. The van der Waals surface area contributed by atoms with Crippen LogP contribution in [0.4, 0.5) is 4.79 Å². The lowest BCUT2D eigenvalue weighted by molar-refractivity contribution is -0.153. The van der Waals surface area contributed by atoms with E-state index in [9.17, 15) is 14.4 Å². The largest absolute Gasteiger partial charge is 0.459 e. The van der Waals surface area contributed by atoms with E-state index in [1.807, 2.05) is 80.6 Å². The molecule has 2 N–H and O–H groups in total. The monoisotopic (exact) mass is 514 g/mol. The summed E-state index contributed by atoms with van der Waals surface area (Å²) in [6.45, 7) is 7.02. The van der Waals surface area contributed by atoms with Crippen LogP contribution in [0.15, 0.2) is 78.9 Å². The fraction of sp³-hybridized carbons (Fsp3) is 0.323. The van der Waals surface area contributed by atoms with Gasteiger partial charge >= 0.3 is 12.1 Å². The normalized spacial score (nSPS) is 13.3. The average molecular weight is 515 g/mol. The number of fused-ring (bicyclic) bond motifs is 3. The number of ether oxygens (including phenoxy) is 2. The van der Waals surface area contributed by atoms with Gasteiger partial charge in [-0.25, -0.2) is 9.59 Å². The van der Waals surface area contributed by atoms with Gasteiger partial charge in [0.25, 0.3) is 0 Å². The Morgan fingerprint density at radius 3 is 1.95 bits per heavy atom. The molecule has 0 radical (unpaired) electrons. The lowest BCUT2D eigenvalue weighted by Crippen LogP contribution is -2.58. The predicted molar refractivity (Wildman–Crippen MR) is 145 cm³/mol. The summed E-state index contributed by atoms with van der Waals surface area (Å²) in [5.74, 6) is -1.39. The zero-order valence-electron chi connectivity index (χ0n) is 22.2. The molecule has 0 fully saturated rings. The summed E-state index contributed by atoms with van der Waals surface area (Å²) in [5.41, 5.74) is 4.05. The van der Waals surface area contributed by atoms with Crippen molar-refractivity contribution in [2.24, 2.45) is 5.92 Å². The molecule has 38 heavy (non-hydrogen) atoms. The Morgan fingerprint density at radius 1 is 0.816 bits per heavy atom. The van der Waals surface area contributed by atoms with E-state index in [1.165, 1.54) is 0 Å². The lowest BCUT2D eigenvalue weighted by Gasteiger charge is -2.28. The first kappa shape index (κ1) is 26.9. The summed E-state index contributed by atoms with van der Waals surface area (Å²) in [6, 6.07) is 24.6. The topological polar surface area (TPSA) is 93.7 Å². The van der Waals surface area contributed by atoms with E-state index in [-0.39, 0.29) is 25.0 Å². The van der Waals surface area contributed by atoms with E-state index in [1.54, 1.807) is 13.8 Å². The van der Waals surface area contributed by atoms with Gasteiger partial charge in [0.05, 0.1) is 0 Å². The van der Waals surface area contributed by atoms with Crippen LogP contribution in [0.2, 0.25) is 0 Å². The van der Waals surface area contributed by atoms with Crippen molar-refractivity contribution < 1.29 is 23.9 Å². The standard InChI is InChI=1S/C31H34N2O5/c1-20(2)27(28(34)33-31(3,4)29(35)37-18-21-12-6-5-7-13-21)32-30(36)38-19-26-24-16-10-8-14-22(24)23-15-9-11-17-25(23)26/h5-17,20,26-27H,18-19H2,1-4H3,(H,32,36)(H,33,34)/t27-/m0/s1.